The third-order valence-electron chi connectivity index (χ3n) is 3.35. The zero-order valence-electron chi connectivity index (χ0n) is 10.8. The van der Waals surface area contributed by atoms with Crippen LogP contribution in [0, 0.1) is 0 Å². The van der Waals surface area contributed by atoms with Crippen LogP contribution in [0.15, 0.2) is 60.8 Å². The number of carboxylic acids is 1. The minimum atomic E-state index is -0.835. The molecular weight excluding hydrogens is 252 g/mol. The Balaban J connectivity index is 2.12. The number of para-hydroxylation sites is 1. The first-order valence-electron chi connectivity index (χ1n) is 6.44. The van der Waals surface area contributed by atoms with Gasteiger partial charge in [0.1, 0.15) is 0 Å². The fourth-order valence-corrected chi connectivity index (χ4v) is 2.43. The predicted octanol–water partition coefficient (Wildman–Crippen LogP) is 3.10. The molecule has 0 saturated carbocycles. The average molecular weight is 266 g/mol. The van der Waals surface area contributed by atoms with E-state index in [2.05, 4.69) is 5.10 Å². The number of hydrogen-bond acceptors (Lipinski definition) is 2. The highest BCUT2D eigenvalue weighted by molar-refractivity contribution is 5.79. The molecule has 3 rings (SSSR count). The number of aromatic nitrogens is 2. The van der Waals surface area contributed by atoms with E-state index in [0.717, 1.165) is 16.5 Å². The van der Waals surface area contributed by atoms with Gasteiger partial charge >= 0.3 is 5.97 Å². The van der Waals surface area contributed by atoms with Crippen molar-refractivity contribution in [2.45, 2.75) is 12.5 Å². The van der Waals surface area contributed by atoms with E-state index in [1.165, 1.54) is 0 Å². The molecule has 4 nitrogen and oxygen atoms in total. The number of aliphatic carboxylic acids is 1. The number of nitrogens with zero attached hydrogens (tertiary/aromatic N) is 2. The van der Waals surface area contributed by atoms with E-state index in [4.69, 9.17) is 0 Å². The Morgan fingerprint density at radius 3 is 2.55 bits per heavy atom. The lowest BCUT2D eigenvalue weighted by Gasteiger charge is -2.17. The van der Waals surface area contributed by atoms with Crippen LogP contribution in [-0.4, -0.2) is 20.9 Å². The largest absolute Gasteiger partial charge is 0.481 e. The van der Waals surface area contributed by atoms with E-state index < -0.39 is 5.97 Å². The molecule has 100 valence electrons. The second-order valence-corrected chi connectivity index (χ2v) is 4.67. The zero-order valence-corrected chi connectivity index (χ0v) is 10.8. The lowest BCUT2D eigenvalue weighted by atomic mass is 10.0. The van der Waals surface area contributed by atoms with Gasteiger partial charge in [-0.3, -0.25) is 9.48 Å². The van der Waals surface area contributed by atoms with Crippen LogP contribution in [0.2, 0.25) is 0 Å². The Bertz CT molecular complexity index is 734. The first-order valence-corrected chi connectivity index (χ1v) is 6.44. The highest BCUT2D eigenvalue weighted by atomic mass is 16.4. The van der Waals surface area contributed by atoms with Gasteiger partial charge in [0, 0.05) is 5.39 Å². The van der Waals surface area contributed by atoms with Crippen LogP contribution in [0.4, 0.5) is 0 Å². The van der Waals surface area contributed by atoms with Crippen LogP contribution in [-0.2, 0) is 4.79 Å². The molecule has 0 spiro atoms. The van der Waals surface area contributed by atoms with E-state index in [1.54, 1.807) is 10.9 Å². The molecular formula is C16H14N2O2. The summed E-state index contributed by atoms with van der Waals surface area (Å²) in [4.78, 5) is 11.2. The lowest BCUT2D eigenvalue weighted by molar-refractivity contribution is -0.137. The molecule has 0 fully saturated rings. The molecule has 1 atom stereocenters. The van der Waals surface area contributed by atoms with Gasteiger partial charge in [-0.1, -0.05) is 48.5 Å². The van der Waals surface area contributed by atoms with Crippen LogP contribution < -0.4 is 0 Å². The number of carbonyl (C=O) groups is 1. The van der Waals surface area contributed by atoms with Crippen molar-refractivity contribution in [3.05, 3.63) is 66.4 Å². The number of fused-ring (bicyclic) bond motifs is 1. The molecule has 0 aliphatic heterocycles. The van der Waals surface area contributed by atoms with E-state index in [-0.39, 0.29) is 12.5 Å². The van der Waals surface area contributed by atoms with Crippen molar-refractivity contribution >= 4 is 16.9 Å². The van der Waals surface area contributed by atoms with Gasteiger partial charge in [0.2, 0.25) is 0 Å². The van der Waals surface area contributed by atoms with Gasteiger partial charge in [0.15, 0.2) is 0 Å². The maximum atomic E-state index is 11.2. The fourth-order valence-electron chi connectivity index (χ4n) is 2.43. The lowest BCUT2D eigenvalue weighted by Crippen LogP contribution is -2.16. The zero-order chi connectivity index (χ0) is 13.9. The van der Waals surface area contributed by atoms with Gasteiger partial charge in [0.25, 0.3) is 0 Å². The van der Waals surface area contributed by atoms with Crippen LogP contribution in [0.5, 0.6) is 0 Å². The molecule has 2 aromatic carbocycles. The standard InChI is InChI=1S/C16H14N2O2/c19-16(20)10-15(12-6-2-1-3-7-12)18-14-9-5-4-8-13(14)11-17-18/h1-9,11,15H,10H2,(H,19,20). The normalized spacial score (nSPS) is 12.4. The van der Waals surface area contributed by atoms with Crippen molar-refractivity contribution < 1.29 is 9.90 Å². The minimum Gasteiger partial charge on any atom is -0.481 e. The summed E-state index contributed by atoms with van der Waals surface area (Å²) in [5.74, 6) is -0.835. The summed E-state index contributed by atoms with van der Waals surface area (Å²) in [5, 5.41) is 14.6. The van der Waals surface area contributed by atoms with Crippen LogP contribution in [0.1, 0.15) is 18.0 Å². The predicted molar refractivity (Wildman–Crippen MR) is 76.6 cm³/mol. The van der Waals surface area contributed by atoms with Gasteiger partial charge in [-0.05, 0) is 11.6 Å². The van der Waals surface area contributed by atoms with Gasteiger partial charge in [-0.15, -0.1) is 0 Å². The Morgan fingerprint density at radius 2 is 1.80 bits per heavy atom. The number of benzene rings is 2. The van der Waals surface area contributed by atoms with Gasteiger partial charge in [0.05, 0.1) is 24.2 Å². The molecule has 0 radical (unpaired) electrons. The molecule has 1 N–H and O–H groups in total. The van der Waals surface area contributed by atoms with Gasteiger partial charge in [-0.2, -0.15) is 5.10 Å². The van der Waals surface area contributed by atoms with E-state index in [9.17, 15) is 9.90 Å². The van der Waals surface area contributed by atoms with E-state index >= 15 is 0 Å². The highest BCUT2D eigenvalue weighted by Crippen LogP contribution is 2.25. The SMILES string of the molecule is O=C(O)CC(c1ccccc1)n1ncc2ccccc21. The summed E-state index contributed by atoms with van der Waals surface area (Å²) in [6.07, 6.45) is 1.78. The summed E-state index contributed by atoms with van der Waals surface area (Å²) >= 11 is 0. The fraction of sp³-hybridized carbons (Fsp3) is 0.125. The van der Waals surface area contributed by atoms with Crippen molar-refractivity contribution in [3.8, 4) is 0 Å². The summed E-state index contributed by atoms with van der Waals surface area (Å²) < 4.78 is 1.79. The Kier molecular flexibility index (Phi) is 3.21. The Labute approximate surface area is 116 Å². The molecule has 0 saturated heterocycles. The average Bonchev–Trinajstić information content (AvgIpc) is 2.89. The third-order valence-corrected chi connectivity index (χ3v) is 3.35. The maximum absolute atomic E-state index is 11.2. The minimum absolute atomic E-state index is 0.00961. The number of hydrogen-bond donors (Lipinski definition) is 1. The molecule has 0 bridgehead atoms. The van der Waals surface area contributed by atoms with Crippen LogP contribution >= 0.6 is 0 Å². The third kappa shape index (κ3) is 2.28. The topological polar surface area (TPSA) is 55.1 Å². The first-order chi connectivity index (χ1) is 9.75. The second-order valence-electron chi connectivity index (χ2n) is 4.67. The molecule has 1 heterocycles. The van der Waals surface area contributed by atoms with Crippen molar-refractivity contribution in [1.82, 2.24) is 9.78 Å². The monoisotopic (exact) mass is 266 g/mol. The van der Waals surface area contributed by atoms with Gasteiger partial charge in [-0.25, -0.2) is 0 Å². The molecule has 4 heteroatoms. The summed E-state index contributed by atoms with van der Waals surface area (Å²) in [7, 11) is 0. The smallest absolute Gasteiger partial charge is 0.305 e. The maximum Gasteiger partial charge on any atom is 0.305 e. The van der Waals surface area contributed by atoms with Crippen LogP contribution in [0.25, 0.3) is 10.9 Å². The van der Waals surface area contributed by atoms with E-state index in [0.29, 0.717) is 0 Å². The summed E-state index contributed by atoms with van der Waals surface area (Å²) in [6.45, 7) is 0. The molecule has 20 heavy (non-hydrogen) atoms. The van der Waals surface area contributed by atoms with Gasteiger partial charge < -0.3 is 5.11 Å². The number of carboxylic acid groups (broad SMARTS) is 1. The van der Waals surface area contributed by atoms with Crippen LogP contribution in [0.3, 0.4) is 0 Å². The van der Waals surface area contributed by atoms with E-state index in [1.807, 2.05) is 54.6 Å². The van der Waals surface area contributed by atoms with Crippen molar-refractivity contribution in [2.75, 3.05) is 0 Å². The molecule has 0 aliphatic rings. The molecule has 0 amide bonds. The molecule has 1 aromatic heterocycles. The first kappa shape index (κ1) is 12.4. The Hall–Kier alpha value is -2.62. The molecule has 3 aromatic rings. The number of rotatable bonds is 4. The van der Waals surface area contributed by atoms with Crippen molar-refractivity contribution in [2.24, 2.45) is 0 Å². The molecule has 0 aliphatic carbocycles. The quantitative estimate of drug-likeness (QED) is 0.789. The second kappa shape index (κ2) is 5.17. The highest BCUT2D eigenvalue weighted by Gasteiger charge is 2.19. The molecule has 1 unspecified atom stereocenters. The summed E-state index contributed by atoms with van der Waals surface area (Å²) in [5.41, 5.74) is 1.89. The van der Waals surface area contributed by atoms with Crippen molar-refractivity contribution in [3.63, 3.8) is 0 Å². The Morgan fingerprint density at radius 1 is 1.10 bits per heavy atom. The van der Waals surface area contributed by atoms with Crippen molar-refractivity contribution in [1.29, 1.82) is 0 Å². The summed E-state index contributed by atoms with van der Waals surface area (Å²) in [6, 6.07) is 17.1.